The molecule has 0 aromatic heterocycles. The molecule has 0 saturated carbocycles. The molecule has 0 heterocycles. The van der Waals surface area contributed by atoms with Gasteiger partial charge in [0, 0.05) is 18.6 Å². The van der Waals surface area contributed by atoms with Gasteiger partial charge in [0.2, 0.25) is 0 Å². The van der Waals surface area contributed by atoms with Crippen LogP contribution in [0.1, 0.15) is 34.1 Å². The molecule has 102 valence electrons. The Bertz CT molecular complexity index is 336. The molecule has 0 aromatic rings. The summed E-state index contributed by atoms with van der Waals surface area (Å²) in [7, 11) is 0. The molecule has 2 unspecified atom stereocenters. The van der Waals surface area contributed by atoms with Crippen LogP contribution in [-0.2, 0) is 4.79 Å². The van der Waals surface area contributed by atoms with E-state index < -0.39 is 17.9 Å². The summed E-state index contributed by atoms with van der Waals surface area (Å²) in [6.07, 6.45) is 0.258. The fourth-order valence-corrected chi connectivity index (χ4v) is 1.38. The minimum Gasteiger partial charge on any atom is -0.481 e. The highest BCUT2D eigenvalue weighted by atomic mass is 16.4. The van der Waals surface area contributed by atoms with Gasteiger partial charge in [0.15, 0.2) is 0 Å². The number of amides is 2. The number of carbonyl (C=O) groups excluding carboxylic acids is 1. The van der Waals surface area contributed by atoms with Crippen LogP contribution in [0.3, 0.4) is 0 Å². The third-order valence-corrected chi connectivity index (χ3v) is 2.84. The highest BCUT2D eigenvalue weighted by Gasteiger charge is 2.24. The van der Waals surface area contributed by atoms with Crippen LogP contribution in [0.15, 0.2) is 0 Å². The number of urea groups is 1. The van der Waals surface area contributed by atoms with Gasteiger partial charge >= 0.3 is 12.0 Å². The van der Waals surface area contributed by atoms with Gasteiger partial charge in [-0.2, -0.15) is 5.26 Å². The highest BCUT2D eigenvalue weighted by Crippen LogP contribution is 2.06. The zero-order chi connectivity index (χ0) is 14.3. The van der Waals surface area contributed by atoms with Gasteiger partial charge in [-0.1, -0.05) is 0 Å². The normalized spacial score (nSPS) is 13.6. The molecule has 2 N–H and O–H groups in total. The van der Waals surface area contributed by atoms with Gasteiger partial charge in [0.25, 0.3) is 0 Å². The molecule has 0 aliphatic rings. The molecule has 18 heavy (non-hydrogen) atoms. The third kappa shape index (κ3) is 5.04. The number of nitrogens with zero attached hydrogens (tertiary/aromatic N) is 2. The molecule has 2 atom stereocenters. The van der Waals surface area contributed by atoms with E-state index in [2.05, 4.69) is 5.32 Å². The van der Waals surface area contributed by atoms with E-state index in [1.54, 1.807) is 13.8 Å². The summed E-state index contributed by atoms with van der Waals surface area (Å²) in [6.45, 7) is 7.24. The number of hydrogen-bond donors (Lipinski definition) is 2. The maximum Gasteiger partial charge on any atom is 0.317 e. The van der Waals surface area contributed by atoms with E-state index in [0.29, 0.717) is 6.54 Å². The number of nitrogens with one attached hydrogen (secondary N) is 1. The zero-order valence-electron chi connectivity index (χ0n) is 11.3. The van der Waals surface area contributed by atoms with Crippen molar-refractivity contribution in [3.05, 3.63) is 0 Å². The molecule has 0 spiro atoms. The molecule has 0 fully saturated rings. The number of rotatable bonds is 6. The predicted molar refractivity (Wildman–Crippen MR) is 66.9 cm³/mol. The van der Waals surface area contributed by atoms with Crippen LogP contribution in [-0.4, -0.2) is 40.6 Å². The second kappa shape index (κ2) is 7.54. The van der Waals surface area contributed by atoms with Crippen molar-refractivity contribution < 1.29 is 14.7 Å². The van der Waals surface area contributed by atoms with E-state index >= 15 is 0 Å². The molecule has 0 bridgehead atoms. The molecule has 0 radical (unpaired) electrons. The summed E-state index contributed by atoms with van der Waals surface area (Å²) in [5.74, 6) is -1.60. The number of hydrogen-bond acceptors (Lipinski definition) is 3. The van der Waals surface area contributed by atoms with Crippen LogP contribution in [0.4, 0.5) is 4.79 Å². The second-order valence-corrected chi connectivity index (χ2v) is 4.56. The highest BCUT2D eigenvalue weighted by molar-refractivity contribution is 5.76. The molecular formula is C12H21N3O3. The van der Waals surface area contributed by atoms with Crippen LogP contribution < -0.4 is 5.32 Å². The van der Waals surface area contributed by atoms with Crippen LogP contribution >= 0.6 is 0 Å². The first-order valence-corrected chi connectivity index (χ1v) is 5.98. The van der Waals surface area contributed by atoms with Gasteiger partial charge < -0.3 is 15.3 Å². The minimum absolute atomic E-state index is 0.0364. The summed E-state index contributed by atoms with van der Waals surface area (Å²) in [6, 6.07) is 1.16. The maximum absolute atomic E-state index is 11.9. The first-order valence-electron chi connectivity index (χ1n) is 5.98. The second-order valence-electron chi connectivity index (χ2n) is 4.56. The predicted octanol–water partition coefficient (Wildman–Crippen LogP) is 1.43. The van der Waals surface area contributed by atoms with Gasteiger partial charge in [-0.3, -0.25) is 4.79 Å². The van der Waals surface area contributed by atoms with Crippen molar-refractivity contribution in [3.63, 3.8) is 0 Å². The summed E-state index contributed by atoms with van der Waals surface area (Å²) in [5.41, 5.74) is 0. The molecule has 0 aliphatic carbocycles. The van der Waals surface area contributed by atoms with Gasteiger partial charge in [-0.15, -0.1) is 0 Å². The first kappa shape index (κ1) is 16.2. The smallest absolute Gasteiger partial charge is 0.317 e. The number of nitriles is 1. The largest absolute Gasteiger partial charge is 0.481 e. The van der Waals surface area contributed by atoms with E-state index in [1.165, 1.54) is 4.90 Å². The van der Waals surface area contributed by atoms with Gasteiger partial charge in [0.05, 0.1) is 18.4 Å². The Morgan fingerprint density at radius 2 is 1.89 bits per heavy atom. The molecule has 2 amide bonds. The number of aliphatic carboxylic acids is 1. The topological polar surface area (TPSA) is 93.4 Å². The SMILES string of the molecule is CC(NC(=O)N(CCC#N)C(C)C)C(C)C(=O)O. The van der Waals surface area contributed by atoms with Crippen molar-refractivity contribution in [1.29, 1.82) is 5.26 Å². The van der Waals surface area contributed by atoms with Crippen molar-refractivity contribution in [2.75, 3.05) is 6.54 Å². The zero-order valence-corrected chi connectivity index (χ0v) is 11.3. The lowest BCUT2D eigenvalue weighted by Crippen LogP contribution is -2.49. The lowest BCUT2D eigenvalue weighted by atomic mass is 10.0. The first-order chi connectivity index (χ1) is 8.31. The molecule has 6 heteroatoms. The molecule has 0 rings (SSSR count). The lowest BCUT2D eigenvalue weighted by molar-refractivity contribution is -0.141. The van der Waals surface area contributed by atoms with Crippen molar-refractivity contribution in [1.82, 2.24) is 10.2 Å². The van der Waals surface area contributed by atoms with E-state index in [9.17, 15) is 9.59 Å². The van der Waals surface area contributed by atoms with Gasteiger partial charge in [-0.05, 0) is 27.7 Å². The standard InChI is InChI=1S/C12H21N3O3/c1-8(2)15(7-5-6-13)12(18)14-10(4)9(3)11(16)17/h8-10H,5,7H2,1-4H3,(H,14,18)(H,16,17). The van der Waals surface area contributed by atoms with E-state index in [0.717, 1.165) is 0 Å². The Balaban J connectivity index is 4.51. The number of carbonyl (C=O) groups is 2. The fraction of sp³-hybridized carbons (Fsp3) is 0.750. The molecule has 0 aliphatic heterocycles. The van der Waals surface area contributed by atoms with Crippen LogP contribution in [0, 0.1) is 17.2 Å². The average Bonchev–Trinajstić information content (AvgIpc) is 2.27. The van der Waals surface area contributed by atoms with Crippen molar-refractivity contribution in [2.45, 2.75) is 46.2 Å². The van der Waals surface area contributed by atoms with E-state index in [4.69, 9.17) is 10.4 Å². The molecule has 0 aromatic carbocycles. The van der Waals surface area contributed by atoms with Crippen LogP contribution in [0.25, 0.3) is 0 Å². The fourth-order valence-electron chi connectivity index (χ4n) is 1.38. The van der Waals surface area contributed by atoms with Gasteiger partial charge in [0.1, 0.15) is 0 Å². The minimum atomic E-state index is -0.948. The summed E-state index contributed by atoms with van der Waals surface area (Å²) in [5, 5.41) is 20.0. The van der Waals surface area contributed by atoms with Crippen molar-refractivity contribution in [3.8, 4) is 6.07 Å². The van der Waals surface area contributed by atoms with Crippen molar-refractivity contribution >= 4 is 12.0 Å². The van der Waals surface area contributed by atoms with Crippen LogP contribution in [0.2, 0.25) is 0 Å². The van der Waals surface area contributed by atoms with Crippen molar-refractivity contribution in [2.24, 2.45) is 5.92 Å². The quantitative estimate of drug-likeness (QED) is 0.750. The Hall–Kier alpha value is -1.77. The average molecular weight is 255 g/mol. The van der Waals surface area contributed by atoms with E-state index in [1.807, 2.05) is 19.9 Å². The Morgan fingerprint density at radius 1 is 1.33 bits per heavy atom. The molecule has 0 saturated heterocycles. The number of carboxylic acids is 1. The maximum atomic E-state index is 11.9. The summed E-state index contributed by atoms with van der Waals surface area (Å²) in [4.78, 5) is 24.3. The Kier molecular flexibility index (Phi) is 6.79. The third-order valence-electron chi connectivity index (χ3n) is 2.84. The van der Waals surface area contributed by atoms with Crippen LogP contribution in [0.5, 0.6) is 0 Å². The van der Waals surface area contributed by atoms with Gasteiger partial charge in [-0.25, -0.2) is 4.79 Å². The summed E-state index contributed by atoms with van der Waals surface area (Å²) < 4.78 is 0. The molecular weight excluding hydrogens is 234 g/mol. The number of carboxylic acid groups (broad SMARTS) is 1. The van der Waals surface area contributed by atoms with E-state index in [-0.39, 0.29) is 18.5 Å². The Labute approximate surface area is 108 Å². The Morgan fingerprint density at radius 3 is 2.28 bits per heavy atom. The molecule has 6 nitrogen and oxygen atoms in total. The lowest BCUT2D eigenvalue weighted by Gasteiger charge is -2.28. The monoisotopic (exact) mass is 255 g/mol. The summed E-state index contributed by atoms with van der Waals surface area (Å²) >= 11 is 0.